The van der Waals surface area contributed by atoms with Crippen LogP contribution in [-0.2, 0) is 9.84 Å². The van der Waals surface area contributed by atoms with Gasteiger partial charge < -0.3 is 5.11 Å². The third-order valence-corrected chi connectivity index (χ3v) is 5.89. The van der Waals surface area contributed by atoms with E-state index >= 15 is 0 Å². The van der Waals surface area contributed by atoms with E-state index in [4.69, 9.17) is 5.11 Å². The minimum absolute atomic E-state index is 0.0323. The van der Waals surface area contributed by atoms with Crippen LogP contribution >= 0.6 is 15.9 Å². The highest BCUT2D eigenvalue weighted by Crippen LogP contribution is 2.27. The smallest absolute Gasteiger partial charge is 0.335 e. The summed E-state index contributed by atoms with van der Waals surface area (Å²) in [6.07, 6.45) is 0.478. The Kier molecular flexibility index (Phi) is 4.32. The molecule has 0 saturated carbocycles. The van der Waals surface area contributed by atoms with Crippen molar-refractivity contribution < 1.29 is 18.3 Å². The fourth-order valence-electron chi connectivity index (χ4n) is 1.29. The first-order valence-electron chi connectivity index (χ1n) is 5.07. The summed E-state index contributed by atoms with van der Waals surface area (Å²) in [5, 5.41) is 8.31. The van der Waals surface area contributed by atoms with Crippen molar-refractivity contribution in [2.75, 3.05) is 0 Å². The van der Waals surface area contributed by atoms with Gasteiger partial charge in [-0.05, 0) is 47.5 Å². The lowest BCUT2D eigenvalue weighted by atomic mass is 10.2. The number of carbonyl (C=O) groups is 1. The van der Waals surface area contributed by atoms with E-state index in [9.17, 15) is 13.2 Å². The van der Waals surface area contributed by atoms with Gasteiger partial charge in [0.1, 0.15) is 0 Å². The lowest BCUT2D eigenvalue weighted by Gasteiger charge is -2.12. The Labute approximate surface area is 109 Å². The van der Waals surface area contributed by atoms with E-state index in [0.29, 0.717) is 10.9 Å². The quantitative estimate of drug-likeness (QED) is 0.925. The highest BCUT2D eigenvalue weighted by Gasteiger charge is 2.25. The molecule has 0 fully saturated rings. The van der Waals surface area contributed by atoms with Crippen LogP contribution in [0, 0.1) is 0 Å². The maximum absolute atomic E-state index is 12.1. The molecule has 1 atom stereocenters. The van der Waals surface area contributed by atoms with E-state index in [2.05, 4.69) is 15.9 Å². The summed E-state index contributed by atoms with van der Waals surface area (Å²) >= 11 is 3.14. The summed E-state index contributed by atoms with van der Waals surface area (Å²) in [5.41, 5.74) is -0.0323. The molecule has 17 heavy (non-hydrogen) atoms. The molecule has 0 radical (unpaired) electrons. The van der Waals surface area contributed by atoms with Crippen molar-refractivity contribution in [2.45, 2.75) is 30.4 Å². The molecule has 0 aromatic heterocycles. The number of hydrogen-bond donors (Lipinski definition) is 1. The van der Waals surface area contributed by atoms with Gasteiger partial charge in [-0.3, -0.25) is 0 Å². The first-order valence-corrected chi connectivity index (χ1v) is 7.41. The lowest BCUT2D eigenvalue weighted by Crippen LogP contribution is -2.18. The SMILES string of the molecule is CCC(C)S(=O)(=O)c1cc(C(=O)O)ccc1Br. The van der Waals surface area contributed by atoms with E-state index < -0.39 is 21.1 Å². The molecule has 1 N–H and O–H groups in total. The average molecular weight is 321 g/mol. The molecule has 1 unspecified atom stereocenters. The van der Waals surface area contributed by atoms with Gasteiger partial charge in [0, 0.05) is 4.47 Å². The minimum atomic E-state index is -3.49. The first kappa shape index (κ1) is 14.2. The van der Waals surface area contributed by atoms with Gasteiger partial charge in [-0.2, -0.15) is 0 Å². The average Bonchev–Trinajstić information content (AvgIpc) is 2.27. The molecule has 0 heterocycles. The van der Waals surface area contributed by atoms with Crippen molar-refractivity contribution in [3.63, 3.8) is 0 Å². The maximum atomic E-state index is 12.1. The first-order chi connectivity index (χ1) is 7.80. The molecule has 0 spiro atoms. The Hall–Kier alpha value is -0.880. The number of sulfone groups is 1. The number of carboxylic acid groups (broad SMARTS) is 1. The van der Waals surface area contributed by atoms with Gasteiger partial charge >= 0.3 is 5.97 Å². The second-order valence-corrected chi connectivity index (χ2v) is 6.90. The van der Waals surface area contributed by atoms with Gasteiger partial charge in [0.2, 0.25) is 0 Å². The Bertz CT molecular complexity index is 536. The normalized spacial score (nSPS) is 13.4. The Morgan fingerprint density at radius 1 is 1.47 bits per heavy atom. The molecule has 0 amide bonds. The summed E-state index contributed by atoms with van der Waals surface area (Å²) < 4.78 is 24.7. The fourth-order valence-corrected chi connectivity index (χ4v) is 3.72. The van der Waals surface area contributed by atoms with Crippen LogP contribution in [0.1, 0.15) is 30.6 Å². The number of aromatic carboxylic acids is 1. The number of rotatable bonds is 4. The number of halogens is 1. The third kappa shape index (κ3) is 2.87. The van der Waals surface area contributed by atoms with E-state index in [1.807, 2.05) is 0 Å². The second-order valence-electron chi connectivity index (χ2n) is 3.71. The molecular formula is C11H13BrO4S. The molecule has 0 bridgehead atoms. The van der Waals surface area contributed by atoms with Crippen molar-refractivity contribution in [1.29, 1.82) is 0 Å². The Balaban J connectivity index is 3.40. The molecule has 1 aromatic rings. The van der Waals surface area contributed by atoms with Crippen LogP contribution in [-0.4, -0.2) is 24.7 Å². The fraction of sp³-hybridized carbons (Fsp3) is 0.364. The molecule has 94 valence electrons. The van der Waals surface area contributed by atoms with Crippen molar-refractivity contribution in [3.8, 4) is 0 Å². The van der Waals surface area contributed by atoms with Crippen molar-refractivity contribution in [2.24, 2.45) is 0 Å². The molecule has 1 rings (SSSR count). The van der Waals surface area contributed by atoms with E-state index in [1.54, 1.807) is 13.8 Å². The van der Waals surface area contributed by atoms with Crippen molar-refractivity contribution in [3.05, 3.63) is 28.2 Å². The standard InChI is InChI=1S/C11H13BrO4S/c1-3-7(2)17(15,16)10-6-8(11(13)14)4-5-9(10)12/h4-7H,3H2,1-2H3,(H,13,14). The van der Waals surface area contributed by atoms with Crippen LogP contribution in [0.5, 0.6) is 0 Å². The van der Waals surface area contributed by atoms with Gasteiger partial charge in [0.15, 0.2) is 9.84 Å². The maximum Gasteiger partial charge on any atom is 0.335 e. The zero-order valence-corrected chi connectivity index (χ0v) is 11.9. The van der Waals surface area contributed by atoms with Gasteiger partial charge in [-0.25, -0.2) is 13.2 Å². The van der Waals surface area contributed by atoms with Crippen LogP contribution in [0.3, 0.4) is 0 Å². The van der Waals surface area contributed by atoms with E-state index in [-0.39, 0.29) is 10.5 Å². The third-order valence-electron chi connectivity index (χ3n) is 2.59. The Morgan fingerprint density at radius 2 is 2.06 bits per heavy atom. The van der Waals surface area contributed by atoms with Crippen molar-refractivity contribution in [1.82, 2.24) is 0 Å². The number of benzene rings is 1. The van der Waals surface area contributed by atoms with Crippen LogP contribution in [0.4, 0.5) is 0 Å². The summed E-state index contributed by atoms with van der Waals surface area (Å²) in [6.45, 7) is 3.38. The highest BCUT2D eigenvalue weighted by molar-refractivity contribution is 9.10. The molecule has 0 aliphatic rings. The predicted molar refractivity (Wildman–Crippen MR) is 68.0 cm³/mol. The largest absolute Gasteiger partial charge is 0.478 e. The second kappa shape index (κ2) is 5.18. The summed E-state index contributed by atoms with van der Waals surface area (Å²) in [4.78, 5) is 10.9. The zero-order chi connectivity index (χ0) is 13.2. The van der Waals surface area contributed by atoms with Gasteiger partial charge in [-0.1, -0.05) is 6.92 Å². The summed E-state index contributed by atoms with van der Waals surface area (Å²) in [6, 6.07) is 3.99. The van der Waals surface area contributed by atoms with Crippen LogP contribution in [0.15, 0.2) is 27.6 Å². The van der Waals surface area contributed by atoms with Crippen molar-refractivity contribution >= 4 is 31.7 Å². The summed E-state index contributed by atoms with van der Waals surface area (Å²) in [7, 11) is -3.49. The Morgan fingerprint density at radius 3 is 2.53 bits per heavy atom. The van der Waals surface area contributed by atoms with Crippen LogP contribution < -0.4 is 0 Å². The van der Waals surface area contributed by atoms with Gasteiger partial charge in [0.25, 0.3) is 0 Å². The molecular weight excluding hydrogens is 308 g/mol. The van der Waals surface area contributed by atoms with Gasteiger partial charge in [-0.15, -0.1) is 0 Å². The highest BCUT2D eigenvalue weighted by atomic mass is 79.9. The molecule has 1 aromatic carbocycles. The molecule has 6 heteroatoms. The number of hydrogen-bond acceptors (Lipinski definition) is 3. The van der Waals surface area contributed by atoms with Crippen LogP contribution in [0.25, 0.3) is 0 Å². The summed E-state index contributed by atoms with van der Waals surface area (Å²) in [5.74, 6) is -1.14. The van der Waals surface area contributed by atoms with Crippen LogP contribution in [0.2, 0.25) is 0 Å². The lowest BCUT2D eigenvalue weighted by molar-refractivity contribution is 0.0696. The molecule has 4 nitrogen and oxygen atoms in total. The predicted octanol–water partition coefficient (Wildman–Crippen LogP) is 2.72. The minimum Gasteiger partial charge on any atom is -0.478 e. The monoisotopic (exact) mass is 320 g/mol. The molecule has 0 aliphatic heterocycles. The number of carboxylic acids is 1. The topological polar surface area (TPSA) is 71.4 Å². The molecule has 0 saturated heterocycles. The van der Waals surface area contributed by atoms with Gasteiger partial charge in [0.05, 0.1) is 15.7 Å². The van der Waals surface area contributed by atoms with E-state index in [0.717, 1.165) is 0 Å². The molecule has 0 aliphatic carbocycles. The zero-order valence-electron chi connectivity index (χ0n) is 9.47. The van der Waals surface area contributed by atoms with E-state index in [1.165, 1.54) is 18.2 Å².